The van der Waals surface area contributed by atoms with Crippen molar-refractivity contribution in [3.63, 3.8) is 0 Å². The van der Waals surface area contributed by atoms with E-state index in [4.69, 9.17) is 5.11 Å². The third-order valence-corrected chi connectivity index (χ3v) is 2.30. The predicted molar refractivity (Wildman–Crippen MR) is 62.3 cm³/mol. The maximum absolute atomic E-state index is 11.7. The molecular formula is C12H14N3O2+. The van der Waals surface area contributed by atoms with Gasteiger partial charge < -0.3 is 10.4 Å². The van der Waals surface area contributed by atoms with E-state index in [-0.39, 0.29) is 18.2 Å². The molecule has 1 aromatic carbocycles. The van der Waals surface area contributed by atoms with Gasteiger partial charge in [-0.2, -0.15) is 0 Å². The van der Waals surface area contributed by atoms with E-state index in [1.165, 1.54) is 12.1 Å². The Morgan fingerprint density at radius 1 is 1.41 bits per heavy atom. The number of hydrogen-bond acceptors (Lipinski definition) is 2. The van der Waals surface area contributed by atoms with Crippen molar-refractivity contribution in [2.45, 2.75) is 6.54 Å². The first-order chi connectivity index (χ1) is 8.13. The molecule has 0 bridgehead atoms. The predicted octanol–water partition coefficient (Wildman–Crippen LogP) is 0.657. The van der Waals surface area contributed by atoms with Gasteiger partial charge in [-0.05, 0) is 24.3 Å². The molecule has 5 nitrogen and oxygen atoms in total. The number of anilines is 1. The number of phenols is 1. The van der Waals surface area contributed by atoms with E-state index < -0.39 is 0 Å². The van der Waals surface area contributed by atoms with E-state index >= 15 is 0 Å². The molecule has 0 saturated heterocycles. The number of nitrogens with one attached hydrogen (secondary N) is 1. The van der Waals surface area contributed by atoms with Crippen molar-refractivity contribution < 1.29 is 14.5 Å². The molecule has 0 atom stereocenters. The second-order valence-electron chi connectivity index (χ2n) is 3.85. The van der Waals surface area contributed by atoms with Gasteiger partial charge in [0.25, 0.3) is 5.91 Å². The normalized spacial score (nSPS) is 10.2. The van der Waals surface area contributed by atoms with Gasteiger partial charge in [0.1, 0.15) is 18.1 Å². The summed E-state index contributed by atoms with van der Waals surface area (Å²) in [5, 5.41) is 11.9. The molecule has 0 aliphatic heterocycles. The molecule has 2 N–H and O–H groups in total. The number of amides is 1. The molecule has 0 saturated carbocycles. The molecular weight excluding hydrogens is 218 g/mol. The maximum atomic E-state index is 11.7. The fourth-order valence-electron chi connectivity index (χ4n) is 1.51. The Hall–Kier alpha value is -2.30. The van der Waals surface area contributed by atoms with Gasteiger partial charge in [0.2, 0.25) is 6.33 Å². The third kappa shape index (κ3) is 3.07. The Labute approximate surface area is 98.9 Å². The van der Waals surface area contributed by atoms with Crippen molar-refractivity contribution in [1.29, 1.82) is 0 Å². The van der Waals surface area contributed by atoms with Crippen molar-refractivity contribution in [2.24, 2.45) is 7.05 Å². The molecule has 2 aromatic rings. The third-order valence-electron chi connectivity index (χ3n) is 2.30. The van der Waals surface area contributed by atoms with Crippen LogP contribution in [0.3, 0.4) is 0 Å². The molecule has 0 radical (unpaired) electrons. The van der Waals surface area contributed by atoms with Crippen molar-refractivity contribution in [1.82, 2.24) is 4.57 Å². The number of aromatic nitrogens is 2. The lowest BCUT2D eigenvalue weighted by molar-refractivity contribution is -0.671. The van der Waals surface area contributed by atoms with Crippen molar-refractivity contribution >= 4 is 11.6 Å². The van der Waals surface area contributed by atoms with Crippen LogP contribution in [0.2, 0.25) is 0 Å². The van der Waals surface area contributed by atoms with E-state index in [0.29, 0.717) is 5.69 Å². The van der Waals surface area contributed by atoms with Gasteiger partial charge >= 0.3 is 0 Å². The number of hydrogen-bond donors (Lipinski definition) is 2. The van der Waals surface area contributed by atoms with Crippen LogP contribution in [0.15, 0.2) is 43.0 Å². The van der Waals surface area contributed by atoms with E-state index in [1.807, 2.05) is 30.3 Å². The van der Waals surface area contributed by atoms with Gasteiger partial charge in [0, 0.05) is 5.69 Å². The van der Waals surface area contributed by atoms with E-state index in [0.717, 1.165) is 0 Å². The molecule has 1 aromatic heterocycles. The molecule has 88 valence electrons. The molecule has 17 heavy (non-hydrogen) atoms. The van der Waals surface area contributed by atoms with Gasteiger partial charge in [-0.25, -0.2) is 9.13 Å². The van der Waals surface area contributed by atoms with Crippen LogP contribution in [0.25, 0.3) is 0 Å². The zero-order valence-corrected chi connectivity index (χ0v) is 9.50. The Balaban J connectivity index is 1.95. The Kier molecular flexibility index (Phi) is 3.09. The summed E-state index contributed by atoms with van der Waals surface area (Å²) in [4.78, 5) is 11.7. The standard InChI is InChI=1S/C12H13N3O2/c1-14-6-7-15(9-14)8-12(17)13-10-2-4-11(16)5-3-10/h2-7,9H,8H2,1H3,(H-,13,16,17)/p+1. The zero-order chi connectivity index (χ0) is 12.3. The molecule has 2 rings (SSSR count). The summed E-state index contributed by atoms with van der Waals surface area (Å²) < 4.78 is 3.66. The minimum atomic E-state index is -0.105. The quantitative estimate of drug-likeness (QED) is 0.603. The van der Waals surface area contributed by atoms with Crippen LogP contribution in [0, 0.1) is 0 Å². The number of rotatable bonds is 3. The van der Waals surface area contributed by atoms with Crippen LogP contribution >= 0.6 is 0 Å². The Morgan fingerprint density at radius 3 is 2.71 bits per heavy atom. The minimum Gasteiger partial charge on any atom is -0.508 e. The lowest BCUT2D eigenvalue weighted by Gasteiger charge is -2.03. The Morgan fingerprint density at radius 2 is 2.12 bits per heavy atom. The average molecular weight is 232 g/mol. The molecule has 0 aliphatic carbocycles. The molecule has 0 aliphatic rings. The number of nitrogens with zero attached hydrogens (tertiary/aromatic N) is 2. The monoisotopic (exact) mass is 232 g/mol. The number of benzene rings is 1. The topological polar surface area (TPSA) is 58.1 Å². The lowest BCUT2D eigenvalue weighted by Crippen LogP contribution is -2.25. The number of aryl methyl sites for hydroxylation is 1. The van der Waals surface area contributed by atoms with Crippen LogP contribution < -0.4 is 9.88 Å². The van der Waals surface area contributed by atoms with E-state index in [2.05, 4.69) is 5.32 Å². The molecule has 0 unspecified atom stereocenters. The number of imidazole rings is 1. The van der Waals surface area contributed by atoms with Crippen LogP contribution in [0.4, 0.5) is 5.69 Å². The summed E-state index contributed by atoms with van der Waals surface area (Å²) >= 11 is 0. The first-order valence-corrected chi connectivity index (χ1v) is 5.23. The van der Waals surface area contributed by atoms with Crippen LogP contribution in [0.1, 0.15) is 0 Å². The molecule has 0 spiro atoms. The van der Waals surface area contributed by atoms with Crippen LogP contribution in [-0.2, 0) is 18.4 Å². The summed E-state index contributed by atoms with van der Waals surface area (Å²) in [5.74, 6) is 0.0762. The fraction of sp³-hybridized carbons (Fsp3) is 0.167. The molecule has 1 amide bonds. The second kappa shape index (κ2) is 4.69. The first kappa shape index (κ1) is 11.2. The van der Waals surface area contributed by atoms with Crippen LogP contribution in [0.5, 0.6) is 5.75 Å². The maximum Gasteiger partial charge on any atom is 0.266 e. The van der Waals surface area contributed by atoms with Gasteiger partial charge in [-0.3, -0.25) is 4.79 Å². The molecule has 5 heteroatoms. The first-order valence-electron chi connectivity index (χ1n) is 5.23. The summed E-state index contributed by atoms with van der Waals surface area (Å²) in [6.07, 6.45) is 5.53. The second-order valence-corrected chi connectivity index (χ2v) is 3.85. The lowest BCUT2D eigenvalue weighted by atomic mass is 10.3. The van der Waals surface area contributed by atoms with Gasteiger partial charge in [-0.1, -0.05) is 0 Å². The largest absolute Gasteiger partial charge is 0.508 e. The van der Waals surface area contributed by atoms with Gasteiger partial charge in [0.15, 0.2) is 6.54 Å². The Bertz CT molecular complexity index is 517. The smallest absolute Gasteiger partial charge is 0.266 e. The molecule has 1 heterocycles. The van der Waals surface area contributed by atoms with Crippen molar-refractivity contribution in [2.75, 3.05) is 5.32 Å². The average Bonchev–Trinajstić information content (AvgIpc) is 2.67. The number of aromatic hydroxyl groups is 1. The summed E-state index contributed by atoms with van der Waals surface area (Å²) in [5.41, 5.74) is 0.671. The summed E-state index contributed by atoms with van der Waals surface area (Å²) in [6, 6.07) is 6.38. The highest BCUT2D eigenvalue weighted by molar-refractivity contribution is 5.90. The minimum absolute atomic E-state index is 0.105. The van der Waals surface area contributed by atoms with Crippen molar-refractivity contribution in [3.05, 3.63) is 43.0 Å². The highest BCUT2D eigenvalue weighted by Gasteiger charge is 2.07. The number of carbonyl (C=O) groups is 1. The van der Waals surface area contributed by atoms with Gasteiger partial charge in [-0.15, -0.1) is 0 Å². The number of carbonyl (C=O) groups excluding carboxylic acids is 1. The highest BCUT2D eigenvalue weighted by Crippen LogP contribution is 2.13. The SMILES string of the molecule is C[n+]1ccn(CC(=O)Nc2ccc(O)cc2)c1. The summed E-state index contributed by atoms with van der Waals surface area (Å²) in [6.45, 7) is 0.266. The van der Waals surface area contributed by atoms with Crippen LogP contribution in [-0.4, -0.2) is 15.6 Å². The molecule has 0 fully saturated rings. The highest BCUT2D eigenvalue weighted by atomic mass is 16.3. The zero-order valence-electron chi connectivity index (χ0n) is 9.50. The number of phenolic OH excluding ortho intramolecular Hbond substituents is 1. The summed E-state index contributed by atoms with van der Waals surface area (Å²) in [7, 11) is 1.90. The van der Waals surface area contributed by atoms with Crippen molar-refractivity contribution in [3.8, 4) is 5.75 Å². The van der Waals surface area contributed by atoms with E-state index in [9.17, 15) is 4.79 Å². The van der Waals surface area contributed by atoms with Gasteiger partial charge in [0.05, 0.1) is 7.05 Å². The fourth-order valence-corrected chi connectivity index (χ4v) is 1.51. The van der Waals surface area contributed by atoms with E-state index in [1.54, 1.807) is 16.7 Å².